The molecule has 1 aromatic carbocycles. The second-order valence-corrected chi connectivity index (χ2v) is 5.60. The Labute approximate surface area is 107 Å². The van der Waals surface area contributed by atoms with Gasteiger partial charge < -0.3 is 15.7 Å². The highest BCUT2D eigenvalue weighted by atomic mass is 16.3. The van der Waals surface area contributed by atoms with E-state index in [1.54, 1.807) is 0 Å². The van der Waals surface area contributed by atoms with Gasteiger partial charge in [-0.15, -0.1) is 0 Å². The van der Waals surface area contributed by atoms with Crippen LogP contribution in [0.2, 0.25) is 0 Å². The zero-order valence-electron chi connectivity index (χ0n) is 10.9. The number of aryl methyl sites for hydroxylation is 1. The highest BCUT2D eigenvalue weighted by molar-refractivity contribution is 5.94. The number of rotatable bonds is 4. The summed E-state index contributed by atoms with van der Waals surface area (Å²) >= 11 is 0. The first-order chi connectivity index (χ1) is 8.50. The van der Waals surface area contributed by atoms with Gasteiger partial charge in [-0.05, 0) is 30.2 Å². The van der Waals surface area contributed by atoms with Crippen molar-refractivity contribution in [1.29, 1.82) is 0 Å². The van der Waals surface area contributed by atoms with E-state index in [9.17, 15) is 9.90 Å². The van der Waals surface area contributed by atoms with Crippen molar-refractivity contribution in [2.45, 2.75) is 26.7 Å². The van der Waals surface area contributed by atoms with E-state index >= 15 is 0 Å². The van der Waals surface area contributed by atoms with Gasteiger partial charge in [0.25, 0.3) is 0 Å². The van der Waals surface area contributed by atoms with Gasteiger partial charge >= 0.3 is 0 Å². The van der Waals surface area contributed by atoms with Crippen molar-refractivity contribution in [3.63, 3.8) is 0 Å². The molecular formula is C14H20N2O2. The van der Waals surface area contributed by atoms with Crippen molar-refractivity contribution in [1.82, 2.24) is 0 Å². The second kappa shape index (κ2) is 4.98. The molecule has 1 aromatic rings. The van der Waals surface area contributed by atoms with Crippen molar-refractivity contribution < 1.29 is 9.90 Å². The highest BCUT2D eigenvalue weighted by Crippen LogP contribution is 2.26. The maximum atomic E-state index is 11.3. The van der Waals surface area contributed by atoms with Crippen LogP contribution in [0.5, 0.6) is 0 Å². The molecule has 0 atom stereocenters. The summed E-state index contributed by atoms with van der Waals surface area (Å²) in [6.07, 6.45) is 1.35. The van der Waals surface area contributed by atoms with Gasteiger partial charge in [-0.25, -0.2) is 0 Å². The summed E-state index contributed by atoms with van der Waals surface area (Å²) in [5, 5.41) is 15.4. The fraction of sp³-hybridized carbons (Fsp3) is 0.500. The molecule has 0 saturated carbocycles. The van der Waals surface area contributed by atoms with Gasteiger partial charge in [-0.2, -0.15) is 0 Å². The van der Waals surface area contributed by atoms with E-state index < -0.39 is 0 Å². The first-order valence-electron chi connectivity index (χ1n) is 6.28. The zero-order chi connectivity index (χ0) is 13.2. The molecule has 1 aliphatic rings. The van der Waals surface area contributed by atoms with E-state index in [1.165, 1.54) is 5.56 Å². The summed E-state index contributed by atoms with van der Waals surface area (Å²) in [6.45, 7) is 4.90. The van der Waals surface area contributed by atoms with E-state index in [1.807, 2.05) is 26.0 Å². The van der Waals surface area contributed by atoms with Crippen LogP contribution >= 0.6 is 0 Å². The molecule has 18 heavy (non-hydrogen) atoms. The molecule has 98 valence electrons. The summed E-state index contributed by atoms with van der Waals surface area (Å²) in [5.74, 6) is 0.0876. The number of anilines is 2. The van der Waals surface area contributed by atoms with Gasteiger partial charge in [-0.3, -0.25) is 4.79 Å². The Balaban J connectivity index is 2.05. The summed E-state index contributed by atoms with van der Waals surface area (Å²) in [5.41, 5.74) is 2.98. The molecule has 0 bridgehead atoms. The monoisotopic (exact) mass is 248 g/mol. The molecular weight excluding hydrogens is 228 g/mol. The van der Waals surface area contributed by atoms with Crippen LogP contribution in [0.4, 0.5) is 11.4 Å². The summed E-state index contributed by atoms with van der Waals surface area (Å²) in [6, 6.07) is 5.96. The fourth-order valence-corrected chi connectivity index (χ4v) is 1.89. The van der Waals surface area contributed by atoms with E-state index in [0.717, 1.165) is 17.8 Å². The number of fused-ring (bicyclic) bond motifs is 1. The molecule has 2 rings (SSSR count). The average molecular weight is 248 g/mol. The van der Waals surface area contributed by atoms with Gasteiger partial charge in [0.1, 0.15) is 0 Å². The standard InChI is InChI=1S/C14H20N2O2/c1-14(2,9-17)8-15-11-4-5-12-10(7-11)3-6-13(18)16-12/h4-5,7,15,17H,3,6,8-9H2,1-2H3,(H,16,18). The molecule has 3 N–H and O–H groups in total. The van der Waals surface area contributed by atoms with E-state index in [4.69, 9.17) is 0 Å². The lowest BCUT2D eigenvalue weighted by atomic mass is 9.94. The Morgan fingerprint density at radius 1 is 1.39 bits per heavy atom. The first kappa shape index (κ1) is 12.9. The quantitative estimate of drug-likeness (QED) is 0.763. The van der Waals surface area contributed by atoms with E-state index in [-0.39, 0.29) is 17.9 Å². The number of carbonyl (C=O) groups excluding carboxylic acids is 1. The normalized spacial score (nSPS) is 14.9. The van der Waals surface area contributed by atoms with Crippen molar-refractivity contribution >= 4 is 17.3 Å². The van der Waals surface area contributed by atoms with Crippen LogP contribution in [0.15, 0.2) is 18.2 Å². The minimum atomic E-state index is -0.135. The van der Waals surface area contributed by atoms with Crippen molar-refractivity contribution in [3.8, 4) is 0 Å². The Morgan fingerprint density at radius 3 is 2.89 bits per heavy atom. The summed E-state index contributed by atoms with van der Waals surface area (Å²) in [4.78, 5) is 11.3. The van der Waals surface area contributed by atoms with Gasteiger partial charge in [0.15, 0.2) is 0 Å². The third-order valence-electron chi connectivity index (χ3n) is 3.20. The van der Waals surface area contributed by atoms with Crippen LogP contribution in [0, 0.1) is 5.41 Å². The van der Waals surface area contributed by atoms with Crippen LogP contribution in [0.1, 0.15) is 25.8 Å². The number of nitrogens with one attached hydrogen (secondary N) is 2. The lowest BCUT2D eigenvalue weighted by molar-refractivity contribution is -0.116. The van der Waals surface area contributed by atoms with Crippen LogP contribution in [-0.4, -0.2) is 24.2 Å². The molecule has 0 aromatic heterocycles. The maximum absolute atomic E-state index is 11.3. The number of amides is 1. The Hall–Kier alpha value is -1.55. The van der Waals surface area contributed by atoms with Crippen molar-refractivity contribution in [2.24, 2.45) is 5.41 Å². The molecule has 0 saturated heterocycles. The molecule has 1 heterocycles. The highest BCUT2D eigenvalue weighted by Gasteiger charge is 2.17. The molecule has 1 amide bonds. The maximum Gasteiger partial charge on any atom is 0.224 e. The number of hydrogen-bond donors (Lipinski definition) is 3. The molecule has 0 unspecified atom stereocenters. The summed E-state index contributed by atoms with van der Waals surface area (Å²) < 4.78 is 0. The largest absolute Gasteiger partial charge is 0.396 e. The van der Waals surface area contributed by atoms with Crippen LogP contribution in [0.3, 0.4) is 0 Å². The van der Waals surface area contributed by atoms with Crippen LogP contribution < -0.4 is 10.6 Å². The van der Waals surface area contributed by atoms with Crippen molar-refractivity contribution in [2.75, 3.05) is 23.8 Å². The SMILES string of the molecule is CC(C)(CO)CNc1ccc2c(c1)CCC(=O)N2. The van der Waals surface area contributed by atoms with Crippen molar-refractivity contribution in [3.05, 3.63) is 23.8 Å². The van der Waals surface area contributed by atoms with Gasteiger partial charge in [0.05, 0.1) is 0 Å². The number of carbonyl (C=O) groups is 1. The number of benzene rings is 1. The number of aliphatic hydroxyl groups excluding tert-OH is 1. The topological polar surface area (TPSA) is 61.4 Å². The smallest absolute Gasteiger partial charge is 0.224 e. The lowest BCUT2D eigenvalue weighted by Gasteiger charge is -2.23. The molecule has 4 heteroatoms. The molecule has 0 spiro atoms. The third kappa shape index (κ3) is 3.01. The Morgan fingerprint density at radius 2 is 2.17 bits per heavy atom. The third-order valence-corrected chi connectivity index (χ3v) is 3.20. The zero-order valence-corrected chi connectivity index (χ0v) is 10.9. The Kier molecular flexibility index (Phi) is 3.57. The van der Waals surface area contributed by atoms with Crippen LogP contribution in [-0.2, 0) is 11.2 Å². The predicted octanol–water partition coefficient (Wildman–Crippen LogP) is 2.00. The average Bonchev–Trinajstić information content (AvgIpc) is 2.36. The minimum absolute atomic E-state index is 0.0876. The van der Waals surface area contributed by atoms with E-state index in [2.05, 4.69) is 16.7 Å². The van der Waals surface area contributed by atoms with Gasteiger partial charge in [0.2, 0.25) is 5.91 Å². The number of hydrogen-bond acceptors (Lipinski definition) is 3. The fourth-order valence-electron chi connectivity index (χ4n) is 1.89. The Bertz CT molecular complexity index is 455. The van der Waals surface area contributed by atoms with Gasteiger partial charge in [-0.1, -0.05) is 13.8 Å². The molecule has 0 aliphatic carbocycles. The molecule has 0 fully saturated rings. The molecule has 0 radical (unpaired) electrons. The molecule has 4 nitrogen and oxygen atoms in total. The second-order valence-electron chi connectivity index (χ2n) is 5.60. The first-order valence-corrected chi connectivity index (χ1v) is 6.28. The number of aliphatic hydroxyl groups is 1. The molecule has 1 aliphatic heterocycles. The van der Waals surface area contributed by atoms with Crippen LogP contribution in [0.25, 0.3) is 0 Å². The van der Waals surface area contributed by atoms with Gasteiger partial charge in [0, 0.05) is 36.4 Å². The lowest BCUT2D eigenvalue weighted by Crippen LogP contribution is -2.27. The summed E-state index contributed by atoms with van der Waals surface area (Å²) in [7, 11) is 0. The van der Waals surface area contributed by atoms with E-state index in [0.29, 0.717) is 13.0 Å². The predicted molar refractivity (Wildman–Crippen MR) is 72.7 cm³/mol. The minimum Gasteiger partial charge on any atom is -0.396 e.